The van der Waals surface area contributed by atoms with E-state index in [1.165, 1.54) is 0 Å². The van der Waals surface area contributed by atoms with Crippen molar-refractivity contribution in [1.82, 2.24) is 14.3 Å². The first-order valence-corrected chi connectivity index (χ1v) is 10.7. The van der Waals surface area contributed by atoms with E-state index in [4.69, 9.17) is 0 Å². The predicted octanol–water partition coefficient (Wildman–Crippen LogP) is 1.43. The van der Waals surface area contributed by atoms with Crippen LogP contribution in [0.3, 0.4) is 0 Å². The Hall–Kier alpha value is 0.180. The topological polar surface area (TPSA) is 61.4 Å². The molecule has 0 spiro atoms. The minimum absolute atomic E-state index is 0.120. The molecule has 0 bridgehead atoms. The summed E-state index contributed by atoms with van der Waals surface area (Å²) in [6.45, 7) is 6.59. The van der Waals surface area contributed by atoms with Crippen molar-refractivity contribution in [2.24, 2.45) is 5.92 Å². The van der Waals surface area contributed by atoms with Gasteiger partial charge in [-0.15, -0.1) is 0 Å². The van der Waals surface area contributed by atoms with Crippen molar-refractivity contribution in [3.8, 4) is 0 Å². The Balaban J connectivity index is 1.77. The van der Waals surface area contributed by atoms with Gasteiger partial charge >= 0.3 is 0 Å². The third-order valence-electron chi connectivity index (χ3n) is 4.20. The van der Waals surface area contributed by atoms with Crippen LogP contribution >= 0.6 is 11.8 Å². The molecule has 124 valence electrons. The van der Waals surface area contributed by atoms with Crippen LogP contribution in [0, 0.1) is 5.92 Å². The lowest BCUT2D eigenvalue weighted by atomic mass is 9.98. The first-order chi connectivity index (χ1) is 9.97. The van der Waals surface area contributed by atoms with E-state index in [2.05, 4.69) is 23.9 Å². The van der Waals surface area contributed by atoms with Crippen molar-refractivity contribution in [3.05, 3.63) is 0 Å². The van der Waals surface area contributed by atoms with Crippen LogP contribution in [0.25, 0.3) is 0 Å². The second-order valence-corrected chi connectivity index (χ2v) is 9.29. The zero-order valence-corrected chi connectivity index (χ0v) is 14.8. The molecule has 2 fully saturated rings. The number of nitrogens with one attached hydrogen (secondary N) is 2. The lowest BCUT2D eigenvalue weighted by Gasteiger charge is -2.33. The predicted molar refractivity (Wildman–Crippen MR) is 89.8 cm³/mol. The molecule has 2 saturated heterocycles. The first kappa shape index (κ1) is 17.5. The molecule has 0 aromatic rings. The highest BCUT2D eigenvalue weighted by atomic mass is 32.2. The molecule has 2 N–H and O–H groups in total. The molecule has 5 nitrogen and oxygen atoms in total. The number of piperidine rings is 1. The molecule has 0 saturated carbocycles. The molecule has 2 heterocycles. The molecule has 21 heavy (non-hydrogen) atoms. The highest BCUT2D eigenvalue weighted by molar-refractivity contribution is 7.99. The van der Waals surface area contributed by atoms with Crippen LogP contribution in [0.5, 0.6) is 0 Å². The molecular formula is C14H29N3O2S2. The van der Waals surface area contributed by atoms with E-state index in [9.17, 15) is 8.42 Å². The average Bonchev–Trinajstić information content (AvgIpc) is 2.46. The fourth-order valence-electron chi connectivity index (χ4n) is 2.87. The zero-order chi connectivity index (χ0) is 15.3. The number of rotatable bonds is 6. The van der Waals surface area contributed by atoms with E-state index < -0.39 is 10.2 Å². The Morgan fingerprint density at radius 2 is 1.95 bits per heavy atom. The molecule has 1 atom stereocenters. The number of nitrogens with zero attached hydrogens (tertiary/aromatic N) is 1. The Morgan fingerprint density at radius 1 is 1.24 bits per heavy atom. The van der Waals surface area contributed by atoms with Crippen molar-refractivity contribution in [1.29, 1.82) is 0 Å². The van der Waals surface area contributed by atoms with Gasteiger partial charge in [0.1, 0.15) is 0 Å². The van der Waals surface area contributed by atoms with Gasteiger partial charge < -0.3 is 5.32 Å². The monoisotopic (exact) mass is 335 g/mol. The maximum Gasteiger partial charge on any atom is 0.279 e. The lowest BCUT2D eigenvalue weighted by molar-refractivity contribution is 0.260. The molecule has 0 aromatic carbocycles. The Morgan fingerprint density at radius 3 is 2.52 bits per heavy atom. The summed E-state index contributed by atoms with van der Waals surface area (Å²) in [4.78, 5) is 0. The summed E-state index contributed by atoms with van der Waals surface area (Å²) in [7, 11) is -3.29. The Bertz CT molecular complexity index is 400. The van der Waals surface area contributed by atoms with Crippen LogP contribution < -0.4 is 10.0 Å². The normalized spacial score (nSPS) is 26.3. The van der Waals surface area contributed by atoms with Gasteiger partial charge in [0.05, 0.1) is 0 Å². The van der Waals surface area contributed by atoms with E-state index in [-0.39, 0.29) is 6.04 Å². The van der Waals surface area contributed by atoms with Crippen molar-refractivity contribution in [2.45, 2.75) is 51.6 Å². The van der Waals surface area contributed by atoms with Gasteiger partial charge in [-0.05, 0) is 43.9 Å². The van der Waals surface area contributed by atoms with Gasteiger partial charge in [-0.25, -0.2) is 0 Å². The number of hydrogen-bond acceptors (Lipinski definition) is 4. The van der Waals surface area contributed by atoms with Gasteiger partial charge in [0.2, 0.25) is 0 Å². The van der Waals surface area contributed by atoms with Crippen molar-refractivity contribution < 1.29 is 8.42 Å². The highest BCUT2D eigenvalue weighted by Gasteiger charge is 2.30. The quantitative estimate of drug-likeness (QED) is 0.771. The van der Waals surface area contributed by atoms with Crippen molar-refractivity contribution in [2.75, 3.05) is 31.1 Å². The molecule has 7 heteroatoms. The summed E-state index contributed by atoms with van der Waals surface area (Å²) in [5.41, 5.74) is 0. The maximum atomic E-state index is 12.4. The Labute approximate surface area is 133 Å². The van der Waals surface area contributed by atoms with Crippen LogP contribution in [0.4, 0.5) is 0 Å². The summed E-state index contributed by atoms with van der Waals surface area (Å²) in [6.07, 6.45) is 4.00. The minimum Gasteiger partial charge on any atom is -0.314 e. The van der Waals surface area contributed by atoms with E-state index in [1.807, 2.05) is 11.8 Å². The van der Waals surface area contributed by atoms with Gasteiger partial charge in [-0.3, -0.25) is 0 Å². The van der Waals surface area contributed by atoms with Crippen LogP contribution in [-0.4, -0.2) is 55.9 Å². The van der Waals surface area contributed by atoms with Gasteiger partial charge in [-0.2, -0.15) is 29.2 Å². The van der Waals surface area contributed by atoms with Gasteiger partial charge in [-0.1, -0.05) is 13.8 Å². The highest BCUT2D eigenvalue weighted by Crippen LogP contribution is 2.21. The van der Waals surface area contributed by atoms with Crippen LogP contribution in [-0.2, 0) is 10.2 Å². The van der Waals surface area contributed by atoms with Gasteiger partial charge in [0.15, 0.2) is 0 Å². The molecule has 0 radical (unpaired) electrons. The molecular weight excluding hydrogens is 306 g/mol. The minimum atomic E-state index is -3.29. The molecule has 2 rings (SSSR count). The average molecular weight is 336 g/mol. The third kappa shape index (κ3) is 5.71. The standard InChI is InChI=1S/C14H29N3O2S2/c1-12(2)15-10-13-5-7-17(8-6-13)21(18,19)16-14-4-3-9-20-11-14/h12-16H,3-11H2,1-2H3. The molecule has 1 unspecified atom stereocenters. The summed E-state index contributed by atoms with van der Waals surface area (Å²) in [6, 6.07) is 0.617. The number of hydrogen-bond donors (Lipinski definition) is 2. The fourth-order valence-corrected chi connectivity index (χ4v) is 5.52. The first-order valence-electron chi connectivity index (χ1n) is 8.06. The maximum absolute atomic E-state index is 12.4. The molecule has 0 aliphatic carbocycles. The summed E-state index contributed by atoms with van der Waals surface area (Å²) in [5.74, 6) is 2.67. The summed E-state index contributed by atoms with van der Waals surface area (Å²) < 4.78 is 29.4. The van der Waals surface area contributed by atoms with E-state index in [0.717, 1.165) is 43.7 Å². The van der Waals surface area contributed by atoms with E-state index >= 15 is 0 Å². The zero-order valence-electron chi connectivity index (χ0n) is 13.2. The van der Waals surface area contributed by atoms with Gasteiger partial charge in [0.25, 0.3) is 10.2 Å². The van der Waals surface area contributed by atoms with E-state index in [1.54, 1.807) is 4.31 Å². The van der Waals surface area contributed by atoms with E-state index in [0.29, 0.717) is 25.0 Å². The van der Waals surface area contributed by atoms with Crippen molar-refractivity contribution in [3.63, 3.8) is 0 Å². The second kappa shape index (κ2) is 8.15. The third-order valence-corrected chi connectivity index (χ3v) is 7.10. The van der Waals surface area contributed by atoms with Crippen LogP contribution in [0.15, 0.2) is 0 Å². The lowest BCUT2D eigenvalue weighted by Crippen LogP contribution is -2.50. The van der Waals surface area contributed by atoms with Crippen LogP contribution in [0.1, 0.15) is 39.5 Å². The van der Waals surface area contributed by atoms with Crippen molar-refractivity contribution >= 4 is 22.0 Å². The second-order valence-electron chi connectivity index (χ2n) is 6.44. The SMILES string of the molecule is CC(C)NCC1CCN(S(=O)(=O)NC2CCCSC2)CC1. The molecule has 0 amide bonds. The summed E-state index contributed by atoms with van der Waals surface area (Å²) >= 11 is 1.85. The number of thioether (sulfide) groups is 1. The summed E-state index contributed by atoms with van der Waals surface area (Å²) in [5, 5.41) is 3.45. The molecule has 2 aliphatic heterocycles. The van der Waals surface area contributed by atoms with Gasteiger partial charge in [0, 0.05) is 30.9 Å². The fraction of sp³-hybridized carbons (Fsp3) is 1.00. The Kier molecular flexibility index (Phi) is 6.80. The largest absolute Gasteiger partial charge is 0.314 e. The smallest absolute Gasteiger partial charge is 0.279 e. The molecule has 2 aliphatic rings. The molecule has 0 aromatic heterocycles. The van der Waals surface area contributed by atoms with Crippen LogP contribution in [0.2, 0.25) is 0 Å².